The van der Waals surface area contributed by atoms with Crippen LogP contribution in [0.25, 0.3) is 0 Å². The first kappa shape index (κ1) is 13.5. The summed E-state index contributed by atoms with van der Waals surface area (Å²) in [4.78, 5) is 0. The first-order valence-electron chi connectivity index (χ1n) is 6.64. The molecule has 3 heteroatoms. The van der Waals surface area contributed by atoms with E-state index in [0.717, 1.165) is 12.8 Å². The van der Waals surface area contributed by atoms with Crippen LogP contribution < -0.4 is 5.32 Å². The molecule has 1 aromatic rings. The molecule has 2 atom stereocenters. The number of aryl methyl sites for hydroxylation is 1. The number of aliphatic hydroxyl groups excluding tert-OH is 1. The van der Waals surface area contributed by atoms with Crippen LogP contribution in [0.3, 0.4) is 0 Å². The third-order valence-electron chi connectivity index (χ3n) is 3.51. The third-order valence-corrected chi connectivity index (χ3v) is 3.51. The minimum Gasteiger partial charge on any atom is -0.389 e. The van der Waals surface area contributed by atoms with Gasteiger partial charge in [-0.15, -0.1) is 0 Å². The largest absolute Gasteiger partial charge is 0.389 e. The standard InChI is InChI=1S/C15H23NO2/c1-15(2,16-13-10-18-11-14(13)17)9-8-12-6-4-3-5-7-12/h3-7,13-14,16-17H,8-11H2,1-2H3. The maximum absolute atomic E-state index is 9.75. The summed E-state index contributed by atoms with van der Waals surface area (Å²) in [5.74, 6) is 0. The summed E-state index contributed by atoms with van der Waals surface area (Å²) in [5, 5.41) is 13.3. The fourth-order valence-electron chi connectivity index (χ4n) is 2.36. The SMILES string of the molecule is CC(C)(CCc1ccccc1)NC1COCC1O. The molecule has 1 aromatic carbocycles. The van der Waals surface area contributed by atoms with Crippen molar-refractivity contribution in [2.75, 3.05) is 13.2 Å². The molecule has 0 amide bonds. The molecular formula is C15H23NO2. The number of rotatable bonds is 5. The van der Waals surface area contributed by atoms with Crippen LogP contribution in [-0.4, -0.2) is 36.0 Å². The van der Waals surface area contributed by atoms with Crippen molar-refractivity contribution in [3.05, 3.63) is 35.9 Å². The van der Waals surface area contributed by atoms with Gasteiger partial charge in [-0.2, -0.15) is 0 Å². The fraction of sp³-hybridized carbons (Fsp3) is 0.600. The maximum atomic E-state index is 9.75. The molecule has 0 bridgehead atoms. The summed E-state index contributed by atoms with van der Waals surface area (Å²) in [5.41, 5.74) is 1.37. The smallest absolute Gasteiger partial charge is 0.0948 e. The second kappa shape index (κ2) is 5.83. The second-order valence-electron chi connectivity index (χ2n) is 5.73. The molecule has 1 saturated heterocycles. The lowest BCUT2D eigenvalue weighted by atomic mass is 9.94. The minimum absolute atomic E-state index is 0.00912. The Morgan fingerprint density at radius 3 is 2.61 bits per heavy atom. The van der Waals surface area contributed by atoms with Gasteiger partial charge in [0.05, 0.1) is 25.4 Å². The number of benzene rings is 1. The van der Waals surface area contributed by atoms with Gasteiger partial charge in [-0.05, 0) is 32.3 Å². The summed E-state index contributed by atoms with van der Waals surface area (Å²) in [6.07, 6.45) is 1.71. The van der Waals surface area contributed by atoms with Crippen LogP contribution in [0.4, 0.5) is 0 Å². The highest BCUT2D eigenvalue weighted by Gasteiger charge is 2.30. The van der Waals surface area contributed by atoms with Gasteiger partial charge in [-0.1, -0.05) is 30.3 Å². The molecule has 1 aliphatic heterocycles. The van der Waals surface area contributed by atoms with Crippen LogP contribution in [0.1, 0.15) is 25.8 Å². The van der Waals surface area contributed by atoms with Crippen LogP contribution in [0, 0.1) is 0 Å². The van der Waals surface area contributed by atoms with Crippen LogP contribution in [0.2, 0.25) is 0 Å². The molecule has 0 saturated carbocycles. The van der Waals surface area contributed by atoms with E-state index in [9.17, 15) is 5.11 Å². The molecule has 100 valence electrons. The van der Waals surface area contributed by atoms with Crippen molar-refractivity contribution in [1.82, 2.24) is 5.32 Å². The van der Waals surface area contributed by atoms with Gasteiger partial charge in [0.2, 0.25) is 0 Å². The lowest BCUT2D eigenvalue weighted by Gasteiger charge is -2.31. The Balaban J connectivity index is 1.83. The molecule has 1 heterocycles. The first-order chi connectivity index (χ1) is 8.57. The van der Waals surface area contributed by atoms with E-state index < -0.39 is 0 Å². The van der Waals surface area contributed by atoms with Gasteiger partial charge in [-0.3, -0.25) is 0 Å². The van der Waals surface area contributed by atoms with E-state index in [-0.39, 0.29) is 17.7 Å². The first-order valence-corrected chi connectivity index (χ1v) is 6.64. The van der Waals surface area contributed by atoms with Crippen LogP contribution in [-0.2, 0) is 11.2 Å². The van der Waals surface area contributed by atoms with Gasteiger partial charge in [0.25, 0.3) is 0 Å². The number of nitrogens with one attached hydrogen (secondary N) is 1. The Morgan fingerprint density at radius 1 is 1.28 bits per heavy atom. The summed E-state index contributed by atoms with van der Waals surface area (Å²) in [6, 6.07) is 10.6. The number of hydrogen-bond acceptors (Lipinski definition) is 3. The van der Waals surface area contributed by atoms with E-state index >= 15 is 0 Å². The average molecular weight is 249 g/mol. The molecule has 2 N–H and O–H groups in total. The molecule has 0 aliphatic carbocycles. The molecule has 0 aromatic heterocycles. The Morgan fingerprint density at radius 2 is 2.00 bits per heavy atom. The maximum Gasteiger partial charge on any atom is 0.0948 e. The van der Waals surface area contributed by atoms with E-state index in [0.29, 0.717) is 13.2 Å². The van der Waals surface area contributed by atoms with Gasteiger partial charge in [0.15, 0.2) is 0 Å². The number of ether oxygens (including phenoxy) is 1. The molecule has 18 heavy (non-hydrogen) atoms. The molecule has 1 fully saturated rings. The lowest BCUT2D eigenvalue weighted by Crippen LogP contribution is -2.50. The van der Waals surface area contributed by atoms with Gasteiger partial charge < -0.3 is 15.2 Å². The zero-order chi connectivity index (χ0) is 13.0. The second-order valence-corrected chi connectivity index (χ2v) is 5.73. The van der Waals surface area contributed by atoms with E-state index in [4.69, 9.17) is 4.74 Å². The Labute approximate surface area is 109 Å². The Bertz CT molecular complexity index is 364. The van der Waals surface area contributed by atoms with Crippen molar-refractivity contribution in [2.45, 2.75) is 44.4 Å². The third kappa shape index (κ3) is 3.80. The van der Waals surface area contributed by atoms with E-state index in [2.05, 4.69) is 43.4 Å². The fourth-order valence-corrected chi connectivity index (χ4v) is 2.36. The molecule has 0 radical (unpaired) electrons. The molecule has 1 aliphatic rings. The minimum atomic E-state index is -0.374. The highest BCUT2D eigenvalue weighted by Crippen LogP contribution is 2.17. The average Bonchev–Trinajstić information content (AvgIpc) is 2.73. The van der Waals surface area contributed by atoms with E-state index in [1.54, 1.807) is 0 Å². The van der Waals surface area contributed by atoms with Gasteiger partial charge in [0.1, 0.15) is 0 Å². The van der Waals surface area contributed by atoms with Crippen LogP contribution >= 0.6 is 0 Å². The van der Waals surface area contributed by atoms with Crippen molar-refractivity contribution in [2.24, 2.45) is 0 Å². The Hall–Kier alpha value is -0.900. The van der Waals surface area contributed by atoms with E-state index in [1.165, 1.54) is 5.56 Å². The van der Waals surface area contributed by atoms with Crippen LogP contribution in [0.5, 0.6) is 0 Å². The van der Waals surface area contributed by atoms with Crippen molar-refractivity contribution >= 4 is 0 Å². The van der Waals surface area contributed by atoms with Crippen molar-refractivity contribution < 1.29 is 9.84 Å². The lowest BCUT2D eigenvalue weighted by molar-refractivity contribution is 0.118. The summed E-state index contributed by atoms with van der Waals surface area (Å²) < 4.78 is 5.27. The van der Waals surface area contributed by atoms with Crippen molar-refractivity contribution in [1.29, 1.82) is 0 Å². The van der Waals surface area contributed by atoms with Gasteiger partial charge >= 0.3 is 0 Å². The summed E-state index contributed by atoms with van der Waals surface area (Å²) >= 11 is 0. The number of hydrogen-bond donors (Lipinski definition) is 2. The van der Waals surface area contributed by atoms with Crippen molar-refractivity contribution in [3.63, 3.8) is 0 Å². The zero-order valence-corrected chi connectivity index (χ0v) is 11.2. The summed E-state index contributed by atoms with van der Waals surface area (Å²) in [6.45, 7) is 5.42. The molecule has 0 spiro atoms. The molecule has 2 unspecified atom stereocenters. The normalized spacial score (nSPS) is 24.4. The summed E-state index contributed by atoms with van der Waals surface area (Å²) in [7, 11) is 0. The predicted molar refractivity (Wildman–Crippen MR) is 72.6 cm³/mol. The molecule has 3 nitrogen and oxygen atoms in total. The highest BCUT2D eigenvalue weighted by molar-refractivity contribution is 5.15. The van der Waals surface area contributed by atoms with Crippen LogP contribution in [0.15, 0.2) is 30.3 Å². The zero-order valence-electron chi connectivity index (χ0n) is 11.2. The number of aliphatic hydroxyl groups is 1. The molecule has 2 rings (SSSR count). The van der Waals surface area contributed by atoms with E-state index in [1.807, 2.05) is 6.07 Å². The quantitative estimate of drug-likeness (QED) is 0.835. The van der Waals surface area contributed by atoms with Gasteiger partial charge in [-0.25, -0.2) is 0 Å². The van der Waals surface area contributed by atoms with Gasteiger partial charge in [0, 0.05) is 5.54 Å². The topological polar surface area (TPSA) is 41.5 Å². The molecular weight excluding hydrogens is 226 g/mol. The Kier molecular flexibility index (Phi) is 4.38. The van der Waals surface area contributed by atoms with Crippen molar-refractivity contribution in [3.8, 4) is 0 Å². The monoisotopic (exact) mass is 249 g/mol. The predicted octanol–water partition coefficient (Wildman–Crippen LogP) is 1.75. The highest BCUT2D eigenvalue weighted by atomic mass is 16.5.